The van der Waals surface area contributed by atoms with Crippen LogP contribution in [0.4, 0.5) is 4.39 Å². The number of ketones is 1. The second-order valence-corrected chi connectivity index (χ2v) is 6.88. The third-order valence-corrected chi connectivity index (χ3v) is 5.06. The van der Waals surface area contributed by atoms with Gasteiger partial charge in [0, 0.05) is 24.7 Å². The van der Waals surface area contributed by atoms with E-state index in [2.05, 4.69) is 26.1 Å². The van der Waals surface area contributed by atoms with Gasteiger partial charge in [-0.2, -0.15) is 0 Å². The van der Waals surface area contributed by atoms with Gasteiger partial charge in [-0.15, -0.1) is 0 Å². The highest BCUT2D eigenvalue weighted by Gasteiger charge is 2.33. The molecule has 3 heteroatoms. The summed E-state index contributed by atoms with van der Waals surface area (Å²) < 4.78 is 12.9. The van der Waals surface area contributed by atoms with Crippen LogP contribution in [0.25, 0.3) is 0 Å². The predicted octanol–water partition coefficient (Wildman–Crippen LogP) is 4.60. The molecule has 1 aliphatic carbocycles. The number of halogens is 1. The Bertz CT molecular complexity index is 545. The molecule has 0 amide bonds. The monoisotopic (exact) mass is 303 g/mol. The highest BCUT2D eigenvalue weighted by molar-refractivity contribution is 5.96. The Hall–Kier alpha value is -1.64. The molecular weight excluding hydrogens is 277 g/mol. The van der Waals surface area contributed by atoms with Crippen molar-refractivity contribution in [3.05, 3.63) is 47.4 Å². The van der Waals surface area contributed by atoms with Crippen LogP contribution in [-0.2, 0) is 11.3 Å². The first-order chi connectivity index (χ1) is 10.4. The lowest BCUT2D eigenvalue weighted by Crippen LogP contribution is -2.30. The lowest BCUT2D eigenvalue weighted by Gasteiger charge is -2.36. The summed E-state index contributed by atoms with van der Waals surface area (Å²) in [7, 11) is 0. The van der Waals surface area contributed by atoms with E-state index >= 15 is 0 Å². The van der Waals surface area contributed by atoms with Crippen LogP contribution in [-0.4, -0.2) is 5.78 Å². The van der Waals surface area contributed by atoms with Gasteiger partial charge in [0.25, 0.3) is 0 Å². The van der Waals surface area contributed by atoms with Crippen LogP contribution in [0.1, 0.15) is 52.0 Å². The second-order valence-electron chi connectivity index (χ2n) is 6.88. The van der Waals surface area contributed by atoms with Gasteiger partial charge in [0.1, 0.15) is 5.82 Å². The molecule has 2 nitrogen and oxygen atoms in total. The third-order valence-electron chi connectivity index (χ3n) is 5.06. The SMILES string of the molecule is CCC(C)(C)[C@@H]1CCC(=O)/C(=C/NCc2ccc(F)cc2)C1. The van der Waals surface area contributed by atoms with Crippen molar-refractivity contribution in [3.8, 4) is 0 Å². The normalized spacial score (nSPS) is 21.2. The lowest BCUT2D eigenvalue weighted by molar-refractivity contribution is -0.117. The van der Waals surface area contributed by atoms with Crippen LogP contribution in [0.5, 0.6) is 0 Å². The molecule has 0 heterocycles. The number of carbonyl (C=O) groups excluding carboxylic acids is 1. The van der Waals surface area contributed by atoms with Gasteiger partial charge in [-0.1, -0.05) is 39.3 Å². The minimum absolute atomic E-state index is 0.228. The van der Waals surface area contributed by atoms with Crippen LogP contribution in [0, 0.1) is 17.2 Å². The zero-order chi connectivity index (χ0) is 16.2. The molecule has 1 aliphatic rings. The first-order valence-electron chi connectivity index (χ1n) is 8.12. The minimum Gasteiger partial charge on any atom is -0.386 e. The maximum atomic E-state index is 12.9. The van der Waals surface area contributed by atoms with E-state index < -0.39 is 0 Å². The van der Waals surface area contributed by atoms with Crippen LogP contribution in [0.15, 0.2) is 36.0 Å². The molecule has 1 aromatic carbocycles. The number of rotatable bonds is 5. The van der Waals surface area contributed by atoms with Crippen molar-refractivity contribution in [2.24, 2.45) is 11.3 Å². The van der Waals surface area contributed by atoms with Crippen molar-refractivity contribution in [3.63, 3.8) is 0 Å². The lowest BCUT2D eigenvalue weighted by atomic mass is 9.68. The van der Waals surface area contributed by atoms with Crippen LogP contribution in [0.3, 0.4) is 0 Å². The first-order valence-corrected chi connectivity index (χ1v) is 8.12. The molecule has 1 atom stereocenters. The standard InChI is InChI=1S/C19H26FNO/c1-4-19(2,3)16-7-10-18(22)15(11-16)13-21-12-14-5-8-17(20)9-6-14/h5-6,8-9,13,16,21H,4,7,10-12H2,1-3H3/b15-13+/t16-/m1/s1. The van der Waals surface area contributed by atoms with Gasteiger partial charge in [-0.05, 0) is 41.9 Å². The van der Waals surface area contributed by atoms with E-state index in [1.807, 2.05) is 6.20 Å². The van der Waals surface area contributed by atoms with E-state index in [1.54, 1.807) is 12.1 Å². The number of allylic oxidation sites excluding steroid dienone is 1. The fourth-order valence-electron chi connectivity index (χ4n) is 2.94. The number of carbonyl (C=O) groups is 1. The molecule has 0 saturated heterocycles. The van der Waals surface area contributed by atoms with Gasteiger partial charge in [-0.25, -0.2) is 4.39 Å². The van der Waals surface area contributed by atoms with Gasteiger partial charge in [-0.3, -0.25) is 4.79 Å². The number of benzene rings is 1. The molecule has 0 radical (unpaired) electrons. The molecule has 1 fully saturated rings. The van der Waals surface area contributed by atoms with Crippen LogP contribution < -0.4 is 5.32 Å². The zero-order valence-corrected chi connectivity index (χ0v) is 13.8. The van der Waals surface area contributed by atoms with E-state index in [0.717, 1.165) is 30.4 Å². The fraction of sp³-hybridized carbons (Fsp3) is 0.526. The molecular formula is C19H26FNO. The van der Waals surface area contributed by atoms with Gasteiger partial charge in [0.2, 0.25) is 0 Å². The Morgan fingerprint density at radius 3 is 2.64 bits per heavy atom. The summed E-state index contributed by atoms with van der Waals surface area (Å²) in [5.74, 6) is 0.595. The average Bonchev–Trinajstić information content (AvgIpc) is 2.51. The average molecular weight is 303 g/mol. The maximum Gasteiger partial charge on any atom is 0.160 e. The fourth-order valence-corrected chi connectivity index (χ4v) is 2.94. The molecule has 1 saturated carbocycles. The molecule has 0 bridgehead atoms. The molecule has 0 aliphatic heterocycles. The zero-order valence-electron chi connectivity index (χ0n) is 13.8. The molecule has 1 N–H and O–H groups in total. The summed E-state index contributed by atoms with van der Waals surface area (Å²) in [6.07, 6.45) is 5.50. The molecule has 120 valence electrons. The van der Waals surface area contributed by atoms with Crippen molar-refractivity contribution in [2.75, 3.05) is 0 Å². The van der Waals surface area contributed by atoms with Crippen molar-refractivity contribution < 1.29 is 9.18 Å². The van der Waals surface area contributed by atoms with Crippen molar-refractivity contribution in [1.29, 1.82) is 0 Å². The smallest absolute Gasteiger partial charge is 0.160 e. The highest BCUT2D eigenvalue weighted by atomic mass is 19.1. The van der Waals surface area contributed by atoms with Gasteiger partial charge in [0.15, 0.2) is 5.78 Å². The topological polar surface area (TPSA) is 29.1 Å². The Labute approximate surface area is 132 Å². The molecule has 1 aromatic rings. The van der Waals surface area contributed by atoms with Crippen LogP contribution in [0.2, 0.25) is 0 Å². The minimum atomic E-state index is -0.228. The van der Waals surface area contributed by atoms with E-state index in [-0.39, 0.29) is 17.0 Å². The maximum absolute atomic E-state index is 12.9. The largest absolute Gasteiger partial charge is 0.386 e. The van der Waals surface area contributed by atoms with E-state index in [1.165, 1.54) is 12.1 Å². The summed E-state index contributed by atoms with van der Waals surface area (Å²) in [5.41, 5.74) is 2.18. The van der Waals surface area contributed by atoms with Gasteiger partial charge >= 0.3 is 0 Å². The Balaban J connectivity index is 1.96. The summed E-state index contributed by atoms with van der Waals surface area (Å²) >= 11 is 0. The Kier molecular flexibility index (Phi) is 5.38. The predicted molar refractivity (Wildman–Crippen MR) is 87.7 cm³/mol. The van der Waals surface area contributed by atoms with Crippen LogP contribution >= 0.6 is 0 Å². The first kappa shape index (κ1) is 16.7. The quantitative estimate of drug-likeness (QED) is 0.805. The second kappa shape index (κ2) is 7.08. The van der Waals surface area contributed by atoms with E-state index in [0.29, 0.717) is 18.9 Å². The van der Waals surface area contributed by atoms with Crippen molar-refractivity contribution in [1.82, 2.24) is 5.32 Å². The summed E-state index contributed by atoms with van der Waals surface area (Å²) in [4.78, 5) is 12.1. The van der Waals surface area contributed by atoms with Crippen molar-refractivity contribution in [2.45, 2.75) is 53.0 Å². The molecule has 2 rings (SSSR count). The Morgan fingerprint density at radius 2 is 2.00 bits per heavy atom. The third kappa shape index (κ3) is 4.19. The number of hydrogen-bond acceptors (Lipinski definition) is 2. The number of Topliss-reactive ketones (excluding diaryl/α,β-unsaturated/α-hetero) is 1. The molecule has 0 unspecified atom stereocenters. The van der Waals surface area contributed by atoms with Crippen molar-refractivity contribution >= 4 is 5.78 Å². The molecule has 22 heavy (non-hydrogen) atoms. The van der Waals surface area contributed by atoms with Gasteiger partial charge < -0.3 is 5.32 Å². The summed E-state index contributed by atoms with van der Waals surface area (Å²) in [6.45, 7) is 7.40. The summed E-state index contributed by atoms with van der Waals surface area (Å²) in [5, 5.41) is 3.21. The van der Waals surface area contributed by atoms with E-state index in [9.17, 15) is 9.18 Å². The van der Waals surface area contributed by atoms with E-state index in [4.69, 9.17) is 0 Å². The number of nitrogens with one attached hydrogen (secondary N) is 1. The van der Waals surface area contributed by atoms with Gasteiger partial charge in [0.05, 0.1) is 0 Å². The Morgan fingerprint density at radius 1 is 1.32 bits per heavy atom. The molecule has 0 aromatic heterocycles. The highest BCUT2D eigenvalue weighted by Crippen LogP contribution is 2.40. The number of hydrogen-bond donors (Lipinski definition) is 1. The summed E-state index contributed by atoms with van der Waals surface area (Å²) in [6, 6.07) is 6.42. The molecule has 0 spiro atoms.